The average Bonchev–Trinajstić information content (AvgIpc) is 0.770. The van der Waals surface area contributed by atoms with Crippen LogP contribution in [0.25, 0.3) is 0 Å². The molecular weight excluding hydrogens is 1710 g/mol. The zero-order chi connectivity index (χ0) is 90.7. The molecular formula is C66H112N3O53P. The van der Waals surface area contributed by atoms with Crippen molar-refractivity contribution in [1.29, 1.82) is 0 Å². The van der Waals surface area contributed by atoms with Gasteiger partial charge in [0.1, 0.15) is 244 Å². The lowest BCUT2D eigenvalue weighted by Crippen LogP contribution is -2.71. The number of aliphatic hydroxyl groups excluding tert-OH is 28. The van der Waals surface area contributed by atoms with Crippen molar-refractivity contribution in [3.05, 3.63) is 0 Å². The molecule has 0 radical (unpaired) electrons. The molecule has 10 fully saturated rings. The van der Waals surface area contributed by atoms with Crippen molar-refractivity contribution in [2.75, 3.05) is 65.6 Å². The van der Waals surface area contributed by atoms with Crippen molar-refractivity contribution in [2.45, 2.75) is 328 Å². The van der Waals surface area contributed by atoms with E-state index in [-0.39, 0.29) is 0 Å². The smallest absolute Gasteiger partial charge is 0.328 e. The molecule has 714 valence electrons. The minimum atomic E-state index is -5.11. The zero-order valence-electron chi connectivity index (χ0n) is 65.2. The molecule has 0 bridgehead atoms. The van der Waals surface area contributed by atoms with Gasteiger partial charge in [-0.05, 0) is 0 Å². The van der Waals surface area contributed by atoms with Crippen LogP contribution < -0.4 is 16.0 Å². The highest BCUT2D eigenvalue weighted by atomic mass is 31.2. The summed E-state index contributed by atoms with van der Waals surface area (Å²) >= 11 is 0. The van der Waals surface area contributed by atoms with Gasteiger partial charge in [-0.3, -0.25) is 18.9 Å². The second-order valence-corrected chi connectivity index (χ2v) is 32.6. The standard InChI is InChI=1S/C66H112N3O53P/c1-14(77)67-27-37(87)50(21(8-74)106-57(27)100)116-58-28(68-15(2)78)38(88)52(23(10-76)111-58)118-64-49(99)54(120-66-56(44(94)33(83)20(7-73)110-66)121-59-29(69-16(3)79)39(89)51(22(9-75)112-59)117-61-45(95)40(90)30(80)17(4-70)107-61)36(86)25(114-64)11-104-60-48(98)53(119-62-46(96)41(91)31(81)18(5-71)108-62)35(85)24(113-60)12-105-65-55(43(93)32(82)19(6-72)109-65)122-63-47(97)42(92)34(84)26(115-63)13-123(101,102)103/h17-66,70-76,80-100H,4-13H2,1-3H3,(H,67,77)(H,68,78)(H,69,79)(H2,101,102,103)/t17-,18-,19-,20-,21-,22-,23-,24-,25-,26-,27-,28-,29-,30+,31-,32-,33-,34-,35-,36-,37-,38-,39-,40+,41+,42+,43+,44+,45-,46+,47+,48+,49+,50-,51-,52-,53+,54+,55+,56+,57-,58+,59+,60+,61+,62-,63-,64+,65+,66-/m1/s1. The van der Waals surface area contributed by atoms with Gasteiger partial charge in [-0.25, -0.2) is 0 Å². The first kappa shape index (κ1) is 102. The first-order valence-electron chi connectivity index (χ1n) is 38.7. The Kier molecular flexibility index (Phi) is 36.3. The van der Waals surface area contributed by atoms with Gasteiger partial charge in [-0.15, -0.1) is 0 Å². The van der Waals surface area contributed by atoms with E-state index in [4.69, 9.17) is 90.0 Å². The van der Waals surface area contributed by atoms with E-state index in [1.165, 1.54) is 0 Å². The quantitative estimate of drug-likeness (QED) is 0.0278. The van der Waals surface area contributed by atoms with Gasteiger partial charge in [0.25, 0.3) is 0 Å². The maximum Gasteiger partial charge on any atom is 0.328 e. The number of rotatable bonds is 32. The van der Waals surface area contributed by atoms with Gasteiger partial charge < -0.3 is 259 Å². The summed E-state index contributed by atoms with van der Waals surface area (Å²) in [6.07, 6.45) is -104. The highest BCUT2D eigenvalue weighted by Gasteiger charge is 2.62. The normalized spacial score (nSPS) is 49.6. The van der Waals surface area contributed by atoms with E-state index in [1.54, 1.807) is 0 Å². The predicted octanol–water partition coefficient (Wildman–Crippen LogP) is -22.2. The number of nitrogens with one attached hydrogen (secondary N) is 3. The Labute approximate surface area is 694 Å². The van der Waals surface area contributed by atoms with Gasteiger partial charge in [0.2, 0.25) is 17.7 Å². The third-order valence-electron chi connectivity index (χ3n) is 22.3. The maximum atomic E-state index is 13.1. The van der Waals surface area contributed by atoms with Crippen LogP contribution in [0.5, 0.6) is 0 Å². The average molecular weight is 1830 g/mol. The Morgan fingerprint density at radius 1 is 0.252 bits per heavy atom. The molecule has 0 aliphatic carbocycles. The van der Waals surface area contributed by atoms with Crippen LogP contribution in [0, 0.1) is 0 Å². The second kappa shape index (κ2) is 43.8. The molecule has 50 atom stereocenters. The lowest BCUT2D eigenvalue weighted by atomic mass is 9.93. The Morgan fingerprint density at radius 2 is 0.512 bits per heavy atom. The van der Waals surface area contributed by atoms with Gasteiger partial charge in [-0.1, -0.05) is 0 Å². The third-order valence-corrected chi connectivity index (χ3v) is 23.1. The summed E-state index contributed by atoms with van der Waals surface area (Å²) in [6.45, 7) is -7.60. The van der Waals surface area contributed by atoms with Crippen LogP contribution >= 0.6 is 7.60 Å². The Balaban J connectivity index is 0.995. The molecule has 0 saturated carbocycles. The molecule has 0 unspecified atom stereocenters. The minimum absolute atomic E-state index is 0.814. The molecule has 57 heteroatoms. The van der Waals surface area contributed by atoms with Crippen molar-refractivity contribution in [3.8, 4) is 0 Å². The molecule has 0 aromatic carbocycles. The van der Waals surface area contributed by atoms with Crippen LogP contribution in [0.2, 0.25) is 0 Å². The molecule has 10 aliphatic rings. The largest absolute Gasteiger partial charge is 0.394 e. The fourth-order valence-corrected chi connectivity index (χ4v) is 16.4. The molecule has 123 heavy (non-hydrogen) atoms. The molecule has 0 spiro atoms. The summed E-state index contributed by atoms with van der Waals surface area (Å²) in [7, 11) is -5.11. The molecule has 10 rings (SSSR count). The van der Waals surface area contributed by atoms with Gasteiger partial charge in [0.15, 0.2) is 62.9 Å². The van der Waals surface area contributed by atoms with Crippen LogP contribution in [0.1, 0.15) is 20.8 Å². The van der Waals surface area contributed by atoms with Gasteiger partial charge in [0, 0.05) is 20.8 Å². The summed E-state index contributed by atoms with van der Waals surface area (Å²) in [5, 5.41) is 319. The van der Waals surface area contributed by atoms with Crippen molar-refractivity contribution in [2.24, 2.45) is 0 Å². The number of amides is 3. The van der Waals surface area contributed by atoms with Crippen molar-refractivity contribution >= 4 is 25.3 Å². The van der Waals surface area contributed by atoms with E-state index < -0.39 is 398 Å². The molecule has 33 N–H and O–H groups in total. The molecule has 0 aromatic heterocycles. The van der Waals surface area contributed by atoms with Crippen LogP contribution in [0.4, 0.5) is 0 Å². The number of ether oxygens (including phenoxy) is 19. The molecule has 56 nitrogen and oxygen atoms in total. The van der Waals surface area contributed by atoms with Crippen LogP contribution in [-0.4, -0.2) is 543 Å². The van der Waals surface area contributed by atoms with Gasteiger partial charge in [0.05, 0.1) is 65.6 Å². The van der Waals surface area contributed by atoms with E-state index in [0.717, 1.165) is 20.8 Å². The van der Waals surface area contributed by atoms with Crippen molar-refractivity contribution in [1.82, 2.24) is 16.0 Å². The Hall–Kier alpha value is -3.32. The Bertz CT molecular complexity index is 3360. The lowest BCUT2D eigenvalue weighted by Gasteiger charge is -2.51. The number of aliphatic hydroxyl groups is 28. The van der Waals surface area contributed by atoms with Crippen LogP contribution in [0.3, 0.4) is 0 Å². The van der Waals surface area contributed by atoms with E-state index in [9.17, 15) is 172 Å². The molecule has 10 heterocycles. The van der Waals surface area contributed by atoms with Crippen molar-refractivity contribution in [3.63, 3.8) is 0 Å². The van der Waals surface area contributed by atoms with Gasteiger partial charge in [-0.2, -0.15) is 0 Å². The number of carbonyl (C=O) groups excluding carboxylic acids is 3. The highest BCUT2D eigenvalue weighted by molar-refractivity contribution is 7.51. The first-order chi connectivity index (χ1) is 58.0. The summed E-state index contributed by atoms with van der Waals surface area (Å²) < 4.78 is 124. The maximum absolute atomic E-state index is 13.1. The fraction of sp³-hybridized carbons (Fsp3) is 0.955. The monoisotopic (exact) mass is 1830 g/mol. The molecule has 10 saturated heterocycles. The highest BCUT2D eigenvalue weighted by Crippen LogP contribution is 2.43. The molecule has 10 aliphatic heterocycles. The fourth-order valence-electron chi connectivity index (χ4n) is 15.7. The zero-order valence-corrected chi connectivity index (χ0v) is 66.1. The number of hydrogen-bond acceptors (Lipinski definition) is 51. The molecule has 0 aromatic rings. The topological polar surface area (TPSA) is 887 Å². The number of carbonyl (C=O) groups is 3. The summed E-state index contributed by atoms with van der Waals surface area (Å²) in [5.74, 6) is -2.79. The van der Waals surface area contributed by atoms with Crippen molar-refractivity contribution < 1.29 is 262 Å². The van der Waals surface area contributed by atoms with Gasteiger partial charge >= 0.3 is 7.60 Å². The first-order valence-corrected chi connectivity index (χ1v) is 40.5. The number of hydrogen-bond donors (Lipinski definition) is 33. The van der Waals surface area contributed by atoms with E-state index >= 15 is 0 Å². The van der Waals surface area contributed by atoms with Crippen LogP contribution in [0.15, 0.2) is 0 Å². The second-order valence-electron chi connectivity index (χ2n) is 30.9. The molecule has 3 amide bonds. The minimum Gasteiger partial charge on any atom is -0.394 e. The summed E-state index contributed by atoms with van der Waals surface area (Å²) in [4.78, 5) is 57.7. The predicted molar refractivity (Wildman–Crippen MR) is 374 cm³/mol. The van der Waals surface area contributed by atoms with E-state index in [0.29, 0.717) is 0 Å². The van der Waals surface area contributed by atoms with Crippen LogP contribution in [-0.2, 0) is 109 Å². The SMILES string of the molecule is CC(=O)N[C@@H]1[C@@H](O)[C@H](O[C@@H]2O[C@H](CO)[C@@H](O[C@@H]3O[C@H](CO[C@H]4O[C@H](CO[C@H]5O[C@H](CO)[C@@H](O)[C@H](O)[C@@H]5O[C@H]5O[C@H](CP(=O)(O)O)[C@@H](O)[C@H](O)[C@@H]5O)[C@@H](O)[C@H](O[C@H]5O[C@H](CO)[C@@H](O)[C@H](O)[C@@H]5O)[C@@H]4O)[C@@H](O)[C@H](O[C@H]4O[C@H](CO)[C@@H](O)[C@H](O)[C@@H]4O[C@@H]4O[C@H](CO)[C@@H](O[C@@H]5O[C@H](CO)[C@H](O)[C@H](O)[C@H]5O)[C@H](O)[C@H]4NC(C)=O)[C@@H]3O)[C@H](O)[C@H]2NC(C)=O)[C@@H](CO)O[C@H]1O. The third kappa shape index (κ3) is 22.9. The van der Waals surface area contributed by atoms with E-state index in [2.05, 4.69) is 16.0 Å². The summed E-state index contributed by atoms with van der Waals surface area (Å²) in [6, 6.07) is -5.66. The summed E-state index contributed by atoms with van der Waals surface area (Å²) in [5.41, 5.74) is 0. The lowest BCUT2D eigenvalue weighted by molar-refractivity contribution is -0.399. The Morgan fingerprint density at radius 3 is 0.911 bits per heavy atom. The van der Waals surface area contributed by atoms with E-state index in [1.807, 2.05) is 0 Å².